The van der Waals surface area contributed by atoms with Crippen LogP contribution in [-0.4, -0.2) is 31.2 Å². The van der Waals surface area contributed by atoms with Crippen LogP contribution in [0, 0.1) is 0 Å². The van der Waals surface area contributed by atoms with E-state index in [0.717, 1.165) is 40.7 Å². The minimum Gasteiger partial charge on any atom is -0.403 e. The van der Waals surface area contributed by atoms with Gasteiger partial charge in [0.2, 0.25) is 5.89 Å². The summed E-state index contributed by atoms with van der Waals surface area (Å²) < 4.78 is 5.72. The fraction of sp³-hybridized carbons (Fsp3) is 0.300. The molecule has 8 nitrogen and oxygen atoms in total. The Hall–Kier alpha value is -3.42. The molecule has 5 rings (SSSR count). The van der Waals surface area contributed by atoms with E-state index in [1.54, 1.807) is 6.07 Å². The largest absolute Gasteiger partial charge is 0.403 e. The van der Waals surface area contributed by atoms with Gasteiger partial charge in [0.05, 0.1) is 5.69 Å². The topological polar surface area (TPSA) is 112 Å². The molecule has 0 unspecified atom stereocenters. The fourth-order valence-corrected chi connectivity index (χ4v) is 3.28. The standard InChI is InChI=1S/C20H20N6O2/c1-10(2)22-20-26-25-19(28-20)12-5-6-15-13(7-12)14(9-21-15)16-8-17(27)24-18(23-16)11-3-4-11/h5-11,21H,3-4H2,1-2H3,(H,22,26)(H,23,24,27). The highest BCUT2D eigenvalue weighted by Gasteiger charge is 2.26. The Kier molecular flexibility index (Phi) is 3.78. The lowest BCUT2D eigenvalue weighted by Crippen LogP contribution is -2.10. The molecule has 1 fully saturated rings. The summed E-state index contributed by atoms with van der Waals surface area (Å²) in [5.41, 5.74) is 3.18. The van der Waals surface area contributed by atoms with Crippen LogP contribution >= 0.6 is 0 Å². The van der Waals surface area contributed by atoms with Crippen molar-refractivity contribution in [3.63, 3.8) is 0 Å². The van der Waals surface area contributed by atoms with Crippen molar-refractivity contribution < 1.29 is 4.42 Å². The van der Waals surface area contributed by atoms with Crippen molar-refractivity contribution in [1.29, 1.82) is 0 Å². The molecule has 1 aromatic carbocycles. The number of nitrogens with one attached hydrogen (secondary N) is 3. The number of aromatic amines is 2. The predicted molar refractivity (Wildman–Crippen MR) is 106 cm³/mol. The van der Waals surface area contributed by atoms with Crippen molar-refractivity contribution in [2.24, 2.45) is 0 Å². The molecule has 3 aromatic heterocycles. The minimum atomic E-state index is -0.126. The van der Waals surface area contributed by atoms with Gasteiger partial charge in [-0.2, -0.15) is 0 Å². The number of aromatic nitrogens is 5. The van der Waals surface area contributed by atoms with Gasteiger partial charge in [0.1, 0.15) is 5.82 Å². The molecule has 0 aliphatic heterocycles. The molecule has 142 valence electrons. The summed E-state index contributed by atoms with van der Waals surface area (Å²) in [6, 6.07) is 8.00. The molecule has 0 bridgehead atoms. The van der Waals surface area contributed by atoms with Crippen LogP contribution in [0.25, 0.3) is 33.6 Å². The van der Waals surface area contributed by atoms with Crippen LogP contribution in [0.15, 0.2) is 39.7 Å². The number of anilines is 1. The van der Waals surface area contributed by atoms with Crippen LogP contribution in [0.4, 0.5) is 6.01 Å². The minimum absolute atomic E-state index is 0.126. The summed E-state index contributed by atoms with van der Waals surface area (Å²) >= 11 is 0. The normalized spacial score (nSPS) is 14.1. The molecule has 3 heterocycles. The molecular weight excluding hydrogens is 356 g/mol. The van der Waals surface area contributed by atoms with Gasteiger partial charge in [-0.15, -0.1) is 5.10 Å². The molecule has 1 aliphatic rings. The van der Waals surface area contributed by atoms with Crippen LogP contribution in [-0.2, 0) is 0 Å². The van der Waals surface area contributed by atoms with Gasteiger partial charge in [-0.1, -0.05) is 5.10 Å². The first kappa shape index (κ1) is 16.7. The Morgan fingerprint density at radius 1 is 1.21 bits per heavy atom. The van der Waals surface area contributed by atoms with Crippen molar-refractivity contribution in [2.45, 2.75) is 38.6 Å². The van der Waals surface area contributed by atoms with E-state index in [-0.39, 0.29) is 11.6 Å². The van der Waals surface area contributed by atoms with E-state index in [4.69, 9.17) is 9.40 Å². The lowest BCUT2D eigenvalue weighted by Gasteiger charge is -2.04. The first-order valence-electron chi connectivity index (χ1n) is 9.40. The van der Waals surface area contributed by atoms with Crippen molar-refractivity contribution >= 4 is 16.9 Å². The summed E-state index contributed by atoms with van der Waals surface area (Å²) in [7, 11) is 0. The number of benzene rings is 1. The van der Waals surface area contributed by atoms with E-state index in [0.29, 0.717) is 23.5 Å². The molecule has 28 heavy (non-hydrogen) atoms. The summed E-state index contributed by atoms with van der Waals surface area (Å²) in [6.45, 7) is 4.01. The molecule has 0 saturated heterocycles. The quantitative estimate of drug-likeness (QED) is 0.490. The van der Waals surface area contributed by atoms with Gasteiger partial charge in [-0.25, -0.2) is 4.98 Å². The van der Waals surface area contributed by atoms with Crippen LogP contribution < -0.4 is 10.9 Å². The highest BCUT2D eigenvalue weighted by atomic mass is 16.4. The Morgan fingerprint density at radius 3 is 2.86 bits per heavy atom. The number of H-pyrrole nitrogens is 2. The molecule has 0 spiro atoms. The Bertz CT molecular complexity index is 1210. The maximum atomic E-state index is 12.1. The zero-order chi connectivity index (χ0) is 19.3. The average Bonchev–Trinajstić information content (AvgIpc) is 3.27. The predicted octanol–water partition coefficient (Wildman–Crippen LogP) is 3.67. The highest BCUT2D eigenvalue weighted by Crippen LogP contribution is 2.38. The van der Waals surface area contributed by atoms with E-state index >= 15 is 0 Å². The molecule has 3 N–H and O–H groups in total. The molecule has 0 radical (unpaired) electrons. The summed E-state index contributed by atoms with van der Waals surface area (Å²) in [4.78, 5) is 22.9. The van der Waals surface area contributed by atoms with E-state index in [2.05, 4.69) is 25.5 Å². The number of nitrogens with zero attached hydrogens (tertiary/aromatic N) is 3. The monoisotopic (exact) mass is 376 g/mol. The number of hydrogen-bond donors (Lipinski definition) is 3. The molecule has 8 heteroatoms. The van der Waals surface area contributed by atoms with Crippen molar-refractivity contribution in [1.82, 2.24) is 25.1 Å². The van der Waals surface area contributed by atoms with Crippen molar-refractivity contribution in [3.8, 4) is 22.7 Å². The van der Waals surface area contributed by atoms with Crippen LogP contribution in [0.3, 0.4) is 0 Å². The number of hydrogen-bond acceptors (Lipinski definition) is 6. The lowest BCUT2D eigenvalue weighted by molar-refractivity contribution is 0.574. The van der Waals surface area contributed by atoms with Crippen LogP contribution in [0.5, 0.6) is 0 Å². The number of fused-ring (bicyclic) bond motifs is 1. The second-order valence-corrected chi connectivity index (χ2v) is 7.46. The third-order valence-electron chi connectivity index (χ3n) is 4.77. The van der Waals surface area contributed by atoms with Gasteiger partial charge < -0.3 is 19.7 Å². The van der Waals surface area contributed by atoms with Gasteiger partial charge in [0.15, 0.2) is 0 Å². The number of rotatable bonds is 5. The van der Waals surface area contributed by atoms with Crippen molar-refractivity contribution in [3.05, 3.63) is 46.6 Å². The first-order chi connectivity index (χ1) is 13.6. The van der Waals surface area contributed by atoms with Gasteiger partial charge in [-0.3, -0.25) is 4.79 Å². The Balaban J connectivity index is 1.57. The SMILES string of the molecule is CC(C)Nc1nnc(-c2ccc3[nH]cc(-c4cc(=O)[nH]c(C5CC5)n4)c3c2)o1. The first-order valence-corrected chi connectivity index (χ1v) is 9.40. The second-order valence-electron chi connectivity index (χ2n) is 7.46. The fourth-order valence-electron chi connectivity index (χ4n) is 3.28. The van der Waals surface area contributed by atoms with Gasteiger partial charge in [0.25, 0.3) is 5.56 Å². The average molecular weight is 376 g/mol. The molecular formula is C20H20N6O2. The highest BCUT2D eigenvalue weighted by molar-refractivity contribution is 5.96. The summed E-state index contributed by atoms with van der Waals surface area (Å²) in [5, 5.41) is 12.2. The zero-order valence-corrected chi connectivity index (χ0v) is 15.6. The smallest absolute Gasteiger partial charge is 0.315 e. The Morgan fingerprint density at radius 2 is 2.07 bits per heavy atom. The van der Waals surface area contributed by atoms with Crippen molar-refractivity contribution in [2.75, 3.05) is 5.32 Å². The third kappa shape index (κ3) is 3.06. The maximum absolute atomic E-state index is 12.1. The molecule has 0 amide bonds. The van der Waals surface area contributed by atoms with Crippen LogP contribution in [0.2, 0.25) is 0 Å². The maximum Gasteiger partial charge on any atom is 0.315 e. The molecule has 1 aliphatic carbocycles. The van der Waals surface area contributed by atoms with Gasteiger partial charge in [0, 0.05) is 46.3 Å². The molecule has 1 saturated carbocycles. The molecule has 0 atom stereocenters. The zero-order valence-electron chi connectivity index (χ0n) is 15.6. The lowest BCUT2D eigenvalue weighted by atomic mass is 10.1. The van der Waals surface area contributed by atoms with Gasteiger partial charge >= 0.3 is 6.01 Å². The van der Waals surface area contributed by atoms with Gasteiger partial charge in [-0.05, 0) is 44.9 Å². The van der Waals surface area contributed by atoms with E-state index in [1.807, 2.05) is 38.2 Å². The van der Waals surface area contributed by atoms with E-state index < -0.39 is 0 Å². The molecule has 4 aromatic rings. The Labute approximate surface area is 160 Å². The van der Waals surface area contributed by atoms with E-state index in [1.165, 1.54) is 0 Å². The van der Waals surface area contributed by atoms with Crippen LogP contribution in [0.1, 0.15) is 38.4 Å². The summed E-state index contributed by atoms with van der Waals surface area (Å²) in [5.74, 6) is 1.59. The third-order valence-corrected chi connectivity index (χ3v) is 4.77. The van der Waals surface area contributed by atoms with E-state index in [9.17, 15) is 4.79 Å². The summed E-state index contributed by atoms with van der Waals surface area (Å²) in [6.07, 6.45) is 4.04. The second kappa shape index (κ2) is 6.33.